The van der Waals surface area contributed by atoms with E-state index in [0.717, 1.165) is 17.1 Å². The predicted molar refractivity (Wildman–Crippen MR) is 269 cm³/mol. The van der Waals surface area contributed by atoms with Gasteiger partial charge in [0.25, 0.3) is 0 Å². The minimum atomic E-state index is 1.10. The molecule has 0 heterocycles. The van der Waals surface area contributed by atoms with Crippen LogP contribution in [-0.4, -0.2) is 0 Å². The molecule has 1 nitrogen and oxygen atoms in total. The van der Waals surface area contributed by atoms with Crippen LogP contribution in [0.2, 0.25) is 0 Å². The summed E-state index contributed by atoms with van der Waals surface area (Å²) in [5.41, 5.74) is 17.7. The summed E-state index contributed by atoms with van der Waals surface area (Å²) in [5, 5.41) is 4.81. The van der Waals surface area contributed by atoms with E-state index in [-0.39, 0.29) is 0 Å². The first-order chi connectivity index (χ1) is 31.3. The Morgan fingerprint density at radius 3 is 1.21 bits per heavy atom. The molecular weight excluding hydrogens is 759 g/mol. The van der Waals surface area contributed by atoms with E-state index in [2.05, 4.69) is 266 Å². The molecule has 0 aliphatic carbocycles. The Balaban J connectivity index is 1.26. The van der Waals surface area contributed by atoms with E-state index in [0.29, 0.717) is 0 Å². The third-order valence-electron chi connectivity index (χ3n) is 12.3. The second-order valence-electron chi connectivity index (χ2n) is 15.9. The molecule has 11 aromatic rings. The monoisotopic (exact) mass is 801 g/mol. The van der Waals surface area contributed by atoms with Crippen molar-refractivity contribution in [2.45, 2.75) is 0 Å². The molecule has 0 unspecified atom stereocenters. The molecule has 0 aliphatic heterocycles. The van der Waals surface area contributed by atoms with Gasteiger partial charge < -0.3 is 4.90 Å². The molecule has 11 aromatic carbocycles. The van der Waals surface area contributed by atoms with Gasteiger partial charge in [-0.3, -0.25) is 0 Å². The largest absolute Gasteiger partial charge is 0.309 e. The Morgan fingerprint density at radius 2 is 0.619 bits per heavy atom. The first-order valence-corrected chi connectivity index (χ1v) is 21.7. The number of hydrogen-bond acceptors (Lipinski definition) is 1. The van der Waals surface area contributed by atoms with Crippen LogP contribution in [0.4, 0.5) is 17.1 Å². The number of nitrogens with zero attached hydrogens (tertiary/aromatic N) is 1. The van der Waals surface area contributed by atoms with Crippen molar-refractivity contribution in [2.24, 2.45) is 0 Å². The first kappa shape index (κ1) is 37.7. The molecule has 0 N–H and O–H groups in total. The van der Waals surface area contributed by atoms with Gasteiger partial charge in [0.1, 0.15) is 0 Å². The maximum Gasteiger partial charge on any atom is 0.0540 e. The highest BCUT2D eigenvalue weighted by Crippen LogP contribution is 2.54. The summed E-state index contributed by atoms with van der Waals surface area (Å²) < 4.78 is 0. The van der Waals surface area contributed by atoms with Crippen LogP contribution in [0, 0.1) is 0 Å². The van der Waals surface area contributed by atoms with Gasteiger partial charge in [-0.2, -0.15) is 0 Å². The van der Waals surface area contributed by atoms with Crippen molar-refractivity contribution < 1.29 is 0 Å². The molecule has 0 aliphatic rings. The SMILES string of the molecule is c1ccc(-c2ccccc2N(c2ccccc2)c2ccc(-c3cccc4c(-c5ccccc5)c(-c5ccccc5)c(-c5ccccc5)c(-c5ccccc5)c34)c3ccccc23)cc1. The van der Waals surface area contributed by atoms with Gasteiger partial charge in [-0.1, -0.05) is 237 Å². The molecule has 1 heteroatoms. The topological polar surface area (TPSA) is 3.24 Å². The van der Waals surface area contributed by atoms with Gasteiger partial charge in [-0.25, -0.2) is 0 Å². The lowest BCUT2D eigenvalue weighted by Crippen LogP contribution is -2.11. The van der Waals surface area contributed by atoms with Gasteiger partial charge in [0.15, 0.2) is 0 Å². The van der Waals surface area contributed by atoms with E-state index in [4.69, 9.17) is 0 Å². The van der Waals surface area contributed by atoms with Crippen LogP contribution in [0.25, 0.3) is 88.3 Å². The zero-order valence-corrected chi connectivity index (χ0v) is 34.8. The Bertz CT molecular complexity index is 3340. The van der Waals surface area contributed by atoms with Crippen LogP contribution in [0.15, 0.2) is 261 Å². The highest BCUT2D eigenvalue weighted by molar-refractivity contribution is 6.23. The summed E-state index contributed by atoms with van der Waals surface area (Å²) in [6, 6.07) is 94.7. The van der Waals surface area contributed by atoms with Crippen LogP contribution in [-0.2, 0) is 0 Å². The number of fused-ring (bicyclic) bond motifs is 2. The van der Waals surface area contributed by atoms with E-state index in [1.807, 2.05) is 0 Å². The number of rotatable bonds is 9. The second kappa shape index (κ2) is 16.7. The van der Waals surface area contributed by atoms with Crippen molar-refractivity contribution in [3.8, 4) is 66.8 Å². The van der Waals surface area contributed by atoms with Crippen molar-refractivity contribution in [3.63, 3.8) is 0 Å². The number of hydrogen-bond donors (Lipinski definition) is 0. The molecule has 0 bridgehead atoms. The molecule has 0 radical (unpaired) electrons. The molecule has 63 heavy (non-hydrogen) atoms. The van der Waals surface area contributed by atoms with Crippen LogP contribution < -0.4 is 4.90 Å². The molecule has 0 atom stereocenters. The van der Waals surface area contributed by atoms with Crippen LogP contribution in [0.5, 0.6) is 0 Å². The first-order valence-electron chi connectivity index (χ1n) is 21.7. The summed E-state index contributed by atoms with van der Waals surface area (Å²) in [5.74, 6) is 0. The lowest BCUT2D eigenvalue weighted by Gasteiger charge is -2.30. The maximum atomic E-state index is 2.43. The van der Waals surface area contributed by atoms with Gasteiger partial charge in [0.05, 0.1) is 11.4 Å². The third-order valence-corrected chi connectivity index (χ3v) is 12.3. The minimum absolute atomic E-state index is 1.10. The predicted octanol–water partition coefficient (Wildman–Crippen LogP) is 17.5. The zero-order valence-electron chi connectivity index (χ0n) is 34.8. The molecule has 0 spiro atoms. The normalized spacial score (nSPS) is 11.2. The Labute approximate surface area is 369 Å². The van der Waals surface area contributed by atoms with E-state index in [1.54, 1.807) is 0 Å². The lowest BCUT2D eigenvalue weighted by molar-refractivity contribution is 1.30. The van der Waals surface area contributed by atoms with Gasteiger partial charge in [0.2, 0.25) is 0 Å². The Kier molecular flexibility index (Phi) is 9.97. The summed E-state index contributed by atoms with van der Waals surface area (Å²) in [4.78, 5) is 2.43. The van der Waals surface area contributed by atoms with Gasteiger partial charge in [-0.15, -0.1) is 0 Å². The smallest absolute Gasteiger partial charge is 0.0540 e. The summed E-state index contributed by atoms with van der Waals surface area (Å²) in [6.45, 7) is 0. The fourth-order valence-electron chi connectivity index (χ4n) is 9.58. The van der Waals surface area contributed by atoms with Gasteiger partial charge in [0, 0.05) is 16.6 Å². The molecule has 0 fully saturated rings. The van der Waals surface area contributed by atoms with E-state index in [1.165, 1.54) is 88.3 Å². The minimum Gasteiger partial charge on any atom is -0.309 e. The molecule has 296 valence electrons. The number of anilines is 3. The molecular formula is C62H43N. The summed E-state index contributed by atoms with van der Waals surface area (Å²) in [6.07, 6.45) is 0. The highest BCUT2D eigenvalue weighted by atomic mass is 15.1. The van der Waals surface area contributed by atoms with Crippen LogP contribution >= 0.6 is 0 Å². The standard InChI is InChI=1S/C62H43N/c1-7-24-44(25-8-1)50-36-21-22-41-56(50)63(49-34-17-6-18-35-49)57-43-42-52(51-37-19-20-38-53(51)57)54-39-23-40-55-58(45-26-9-2-10-27-45)59(46-28-11-3-12-29-46)60(47-30-13-4-14-31-47)61(62(54)55)48-32-15-5-16-33-48/h1-43H. The quantitative estimate of drug-likeness (QED) is 0.141. The summed E-state index contributed by atoms with van der Waals surface area (Å²) >= 11 is 0. The number of para-hydroxylation sites is 2. The molecule has 0 saturated carbocycles. The van der Waals surface area contributed by atoms with Crippen molar-refractivity contribution in [1.82, 2.24) is 0 Å². The lowest BCUT2D eigenvalue weighted by atomic mass is 9.77. The van der Waals surface area contributed by atoms with E-state index in [9.17, 15) is 0 Å². The van der Waals surface area contributed by atoms with Crippen LogP contribution in [0.1, 0.15) is 0 Å². The van der Waals surface area contributed by atoms with Gasteiger partial charge >= 0.3 is 0 Å². The maximum absolute atomic E-state index is 2.43. The highest BCUT2D eigenvalue weighted by Gasteiger charge is 2.27. The third kappa shape index (κ3) is 6.87. The number of benzene rings is 11. The van der Waals surface area contributed by atoms with Crippen molar-refractivity contribution >= 4 is 38.6 Å². The Hall–Kier alpha value is -8.26. The van der Waals surface area contributed by atoms with Crippen molar-refractivity contribution in [1.29, 1.82) is 0 Å². The fourth-order valence-corrected chi connectivity index (χ4v) is 9.58. The van der Waals surface area contributed by atoms with Gasteiger partial charge in [-0.05, 0) is 102 Å². The average molecular weight is 802 g/mol. The molecule has 0 aromatic heterocycles. The van der Waals surface area contributed by atoms with Crippen LogP contribution in [0.3, 0.4) is 0 Å². The van der Waals surface area contributed by atoms with Crippen molar-refractivity contribution in [3.05, 3.63) is 261 Å². The molecule has 11 rings (SSSR count). The van der Waals surface area contributed by atoms with E-state index >= 15 is 0 Å². The van der Waals surface area contributed by atoms with E-state index < -0.39 is 0 Å². The Morgan fingerprint density at radius 1 is 0.206 bits per heavy atom. The molecule has 0 saturated heterocycles. The molecule has 0 amide bonds. The fraction of sp³-hybridized carbons (Fsp3) is 0. The summed E-state index contributed by atoms with van der Waals surface area (Å²) in [7, 11) is 0. The average Bonchev–Trinajstić information content (AvgIpc) is 3.37. The second-order valence-corrected chi connectivity index (χ2v) is 15.9. The van der Waals surface area contributed by atoms with Crippen molar-refractivity contribution in [2.75, 3.05) is 4.90 Å². The zero-order chi connectivity index (χ0) is 42.0.